The van der Waals surface area contributed by atoms with Crippen LogP contribution in [0.5, 0.6) is 0 Å². The molecule has 0 aromatic rings. The number of rotatable bonds is 4. The number of allylic oxidation sites excluding steroid dienone is 2. The summed E-state index contributed by atoms with van der Waals surface area (Å²) in [6.07, 6.45) is 7.62. The molecule has 4 rings (SSSR count). The van der Waals surface area contributed by atoms with Gasteiger partial charge in [0.2, 0.25) is 5.91 Å². The zero-order valence-electron chi connectivity index (χ0n) is 17.2. The number of nitrogens with zero attached hydrogens (tertiary/aromatic N) is 3. The summed E-state index contributed by atoms with van der Waals surface area (Å²) >= 11 is 6.14. The molecule has 3 heterocycles. The molecule has 1 saturated heterocycles. The van der Waals surface area contributed by atoms with Crippen LogP contribution >= 0.6 is 11.6 Å². The first-order valence-corrected chi connectivity index (χ1v) is 11.1. The molecule has 4 aliphatic rings. The van der Waals surface area contributed by atoms with Crippen molar-refractivity contribution in [3.05, 3.63) is 22.9 Å². The summed E-state index contributed by atoms with van der Waals surface area (Å²) in [7, 11) is 2.04. The number of carbonyl (C=O) groups excluding carboxylic acids is 1. The predicted molar refractivity (Wildman–Crippen MR) is 118 cm³/mol. The Morgan fingerprint density at radius 3 is 2.97 bits per heavy atom. The minimum Gasteiger partial charge on any atom is -0.361 e. The molecule has 0 bridgehead atoms. The SMILES string of the molecule is CN1CCC(NC(=O)C(N)C2N=C/C(=C3/CCC=NC3C3=CC(Cl)C(F)CC3)N2)C1. The van der Waals surface area contributed by atoms with Crippen LogP contribution in [0.2, 0.25) is 0 Å². The molecule has 1 fully saturated rings. The van der Waals surface area contributed by atoms with E-state index in [1.165, 1.54) is 0 Å². The highest BCUT2D eigenvalue weighted by atomic mass is 35.5. The van der Waals surface area contributed by atoms with Crippen molar-refractivity contribution < 1.29 is 9.18 Å². The lowest BCUT2D eigenvalue weighted by Gasteiger charge is -2.29. The van der Waals surface area contributed by atoms with Crippen molar-refractivity contribution in [2.75, 3.05) is 20.1 Å². The molecule has 164 valence electrons. The monoisotopic (exact) mass is 436 g/mol. The molecule has 0 spiro atoms. The Balaban J connectivity index is 1.44. The van der Waals surface area contributed by atoms with E-state index in [0.717, 1.165) is 49.2 Å². The Kier molecular flexibility index (Phi) is 6.55. The molecule has 0 saturated carbocycles. The number of nitrogens with one attached hydrogen (secondary N) is 2. The fourth-order valence-corrected chi connectivity index (χ4v) is 4.84. The lowest BCUT2D eigenvalue weighted by molar-refractivity contribution is -0.123. The number of hydrogen-bond donors (Lipinski definition) is 3. The maximum Gasteiger partial charge on any atom is 0.241 e. The zero-order valence-corrected chi connectivity index (χ0v) is 18.0. The minimum atomic E-state index is -1.01. The second kappa shape index (κ2) is 9.16. The highest BCUT2D eigenvalue weighted by Crippen LogP contribution is 2.34. The van der Waals surface area contributed by atoms with Gasteiger partial charge in [-0.3, -0.25) is 14.8 Å². The average molecular weight is 437 g/mol. The summed E-state index contributed by atoms with van der Waals surface area (Å²) in [6, 6.07) is -0.793. The number of alkyl halides is 2. The van der Waals surface area contributed by atoms with Gasteiger partial charge in [0, 0.05) is 25.0 Å². The van der Waals surface area contributed by atoms with Gasteiger partial charge in [-0.05, 0) is 56.8 Å². The van der Waals surface area contributed by atoms with Crippen LogP contribution in [0.1, 0.15) is 32.1 Å². The van der Waals surface area contributed by atoms with Crippen LogP contribution in [0.15, 0.2) is 32.9 Å². The molecule has 1 aliphatic carbocycles. The van der Waals surface area contributed by atoms with Crippen LogP contribution in [0.4, 0.5) is 4.39 Å². The Morgan fingerprint density at radius 2 is 2.23 bits per heavy atom. The number of hydrogen-bond acceptors (Lipinski definition) is 6. The van der Waals surface area contributed by atoms with E-state index in [0.29, 0.717) is 12.8 Å². The van der Waals surface area contributed by atoms with E-state index in [4.69, 9.17) is 17.3 Å². The van der Waals surface area contributed by atoms with Crippen LogP contribution in [-0.2, 0) is 4.79 Å². The molecule has 3 aliphatic heterocycles. The molecular formula is C21H30ClFN6O. The molecular weight excluding hydrogens is 407 g/mol. The Hall–Kier alpha value is -1.77. The summed E-state index contributed by atoms with van der Waals surface area (Å²) < 4.78 is 13.8. The van der Waals surface area contributed by atoms with Crippen molar-refractivity contribution >= 4 is 29.9 Å². The van der Waals surface area contributed by atoms with Crippen LogP contribution in [0, 0.1) is 0 Å². The maximum atomic E-state index is 13.8. The van der Waals surface area contributed by atoms with E-state index in [1.807, 2.05) is 19.3 Å². The molecule has 0 aromatic carbocycles. The van der Waals surface area contributed by atoms with Gasteiger partial charge in [0.25, 0.3) is 0 Å². The summed E-state index contributed by atoms with van der Waals surface area (Å²) in [5.74, 6) is -0.191. The van der Waals surface area contributed by atoms with E-state index in [-0.39, 0.29) is 18.0 Å². The number of likely N-dealkylation sites (N-methyl/N-ethyl adjacent to an activating group) is 1. The highest BCUT2D eigenvalue weighted by molar-refractivity contribution is 6.22. The van der Waals surface area contributed by atoms with E-state index in [9.17, 15) is 9.18 Å². The van der Waals surface area contributed by atoms with Crippen molar-refractivity contribution in [3.63, 3.8) is 0 Å². The first-order valence-electron chi connectivity index (χ1n) is 10.7. The van der Waals surface area contributed by atoms with Gasteiger partial charge < -0.3 is 21.3 Å². The summed E-state index contributed by atoms with van der Waals surface area (Å²) in [4.78, 5) is 23.9. The zero-order chi connectivity index (χ0) is 21.3. The quantitative estimate of drug-likeness (QED) is 0.457. The molecule has 1 amide bonds. The maximum absolute atomic E-state index is 13.8. The average Bonchev–Trinajstić information content (AvgIpc) is 3.39. The van der Waals surface area contributed by atoms with Crippen molar-refractivity contribution in [2.24, 2.45) is 15.7 Å². The third-order valence-electron chi connectivity index (χ3n) is 6.30. The third-order valence-corrected chi connectivity index (χ3v) is 6.70. The first kappa shape index (κ1) is 21.5. The number of carbonyl (C=O) groups is 1. The first-order chi connectivity index (χ1) is 14.4. The third kappa shape index (κ3) is 4.60. The van der Waals surface area contributed by atoms with Crippen molar-refractivity contribution in [1.82, 2.24) is 15.5 Å². The Bertz CT molecular complexity index is 796. The Labute approximate surface area is 181 Å². The van der Waals surface area contributed by atoms with E-state index >= 15 is 0 Å². The summed E-state index contributed by atoms with van der Waals surface area (Å²) in [5, 5.41) is 5.74. The predicted octanol–water partition coefficient (Wildman–Crippen LogP) is 1.29. The molecule has 0 aromatic heterocycles. The van der Waals surface area contributed by atoms with Crippen LogP contribution in [0.3, 0.4) is 0 Å². The van der Waals surface area contributed by atoms with Gasteiger partial charge in [0.15, 0.2) is 0 Å². The van der Waals surface area contributed by atoms with Gasteiger partial charge in [0.1, 0.15) is 18.4 Å². The molecule has 6 unspecified atom stereocenters. The van der Waals surface area contributed by atoms with Gasteiger partial charge in [-0.15, -0.1) is 11.6 Å². The molecule has 0 radical (unpaired) electrons. The summed E-state index contributed by atoms with van der Waals surface area (Å²) in [5.41, 5.74) is 9.22. The normalized spacial score (nSPS) is 37.7. The minimum absolute atomic E-state index is 0.134. The van der Waals surface area contributed by atoms with Crippen LogP contribution < -0.4 is 16.4 Å². The fourth-order valence-electron chi connectivity index (χ4n) is 4.55. The van der Waals surface area contributed by atoms with Crippen LogP contribution in [0.25, 0.3) is 0 Å². The topological polar surface area (TPSA) is 95.1 Å². The Morgan fingerprint density at radius 1 is 1.40 bits per heavy atom. The van der Waals surface area contributed by atoms with Gasteiger partial charge >= 0.3 is 0 Å². The lowest BCUT2D eigenvalue weighted by Crippen LogP contribution is -2.54. The van der Waals surface area contributed by atoms with E-state index in [2.05, 4.69) is 25.5 Å². The van der Waals surface area contributed by atoms with Gasteiger partial charge in [-0.1, -0.05) is 6.08 Å². The number of amides is 1. The molecule has 30 heavy (non-hydrogen) atoms. The standard InChI is InChI=1S/C21H30ClFN6O/c1-29-8-6-13(11-29)27-21(30)18(24)20-26-10-17(28-20)14-3-2-7-25-19(14)12-4-5-16(23)15(22)9-12/h7,9-10,13,15-16,18-20,28H,2-6,8,11,24H2,1H3,(H,27,30)/b17-14+. The lowest BCUT2D eigenvalue weighted by atomic mass is 9.85. The number of aliphatic imine (C=N–C) groups is 2. The molecule has 6 atom stereocenters. The van der Waals surface area contributed by atoms with Crippen molar-refractivity contribution in [3.8, 4) is 0 Å². The van der Waals surface area contributed by atoms with Crippen molar-refractivity contribution in [2.45, 2.75) is 67.9 Å². The van der Waals surface area contributed by atoms with Crippen molar-refractivity contribution in [1.29, 1.82) is 0 Å². The number of nitrogens with two attached hydrogens (primary N) is 1. The van der Waals surface area contributed by atoms with Gasteiger partial charge in [-0.2, -0.15) is 0 Å². The highest BCUT2D eigenvalue weighted by Gasteiger charge is 2.34. The molecule has 9 heteroatoms. The molecule has 4 N–H and O–H groups in total. The fraction of sp³-hybridized carbons (Fsp3) is 0.667. The largest absolute Gasteiger partial charge is 0.361 e. The number of likely N-dealkylation sites (tertiary alicyclic amines) is 1. The van der Waals surface area contributed by atoms with Crippen LogP contribution in [-0.4, -0.2) is 79.2 Å². The second-order valence-electron chi connectivity index (χ2n) is 8.60. The molecule has 7 nitrogen and oxygen atoms in total. The number of halogens is 2. The summed E-state index contributed by atoms with van der Waals surface area (Å²) in [6.45, 7) is 1.81. The van der Waals surface area contributed by atoms with Gasteiger partial charge in [-0.25, -0.2) is 4.39 Å². The second-order valence-corrected chi connectivity index (χ2v) is 9.11. The van der Waals surface area contributed by atoms with E-state index in [1.54, 1.807) is 6.21 Å². The van der Waals surface area contributed by atoms with Gasteiger partial charge in [0.05, 0.1) is 17.1 Å². The smallest absolute Gasteiger partial charge is 0.241 e. The van der Waals surface area contributed by atoms with E-state index < -0.39 is 23.8 Å².